The molecule has 0 radical (unpaired) electrons. The van der Waals surface area contributed by atoms with E-state index in [1.165, 1.54) is 23.9 Å². The maximum absolute atomic E-state index is 13.0. The molecule has 1 heterocycles. The Bertz CT molecular complexity index is 1140. The predicted octanol–water partition coefficient (Wildman–Crippen LogP) is 3.24. The molecular weight excluding hydrogens is 380 g/mol. The molecular formula is C20H19ClN4O3. The van der Waals surface area contributed by atoms with Crippen molar-refractivity contribution in [1.82, 2.24) is 15.1 Å². The van der Waals surface area contributed by atoms with Crippen molar-refractivity contribution in [3.05, 3.63) is 69.1 Å². The second kappa shape index (κ2) is 7.82. The summed E-state index contributed by atoms with van der Waals surface area (Å²) in [5.74, 6) is -0.828. The van der Waals surface area contributed by atoms with Gasteiger partial charge in [-0.1, -0.05) is 29.8 Å². The minimum Gasteiger partial charge on any atom is -0.355 e. The fraction of sp³-hybridized carbons (Fsp3) is 0.200. The molecule has 2 aromatic carbocycles. The van der Waals surface area contributed by atoms with Crippen LogP contribution in [0.3, 0.4) is 0 Å². The molecule has 0 aliphatic rings. The second-order valence-corrected chi connectivity index (χ2v) is 6.87. The van der Waals surface area contributed by atoms with Crippen LogP contribution in [0.2, 0.25) is 5.02 Å². The number of hydrogen-bond donors (Lipinski definition) is 2. The molecule has 1 aromatic heterocycles. The lowest BCUT2D eigenvalue weighted by molar-refractivity contribution is 0.0961. The molecule has 8 heteroatoms. The van der Waals surface area contributed by atoms with E-state index >= 15 is 0 Å². The third-order valence-electron chi connectivity index (χ3n) is 4.24. The summed E-state index contributed by atoms with van der Waals surface area (Å²) < 4.78 is 1.28. The van der Waals surface area contributed by atoms with E-state index in [4.69, 9.17) is 11.6 Å². The molecule has 3 rings (SSSR count). The Kier molecular flexibility index (Phi) is 5.46. The molecule has 144 valence electrons. The second-order valence-electron chi connectivity index (χ2n) is 6.47. The van der Waals surface area contributed by atoms with Crippen molar-refractivity contribution in [2.24, 2.45) is 0 Å². The van der Waals surface area contributed by atoms with Gasteiger partial charge in [-0.05, 0) is 38.1 Å². The van der Waals surface area contributed by atoms with Crippen LogP contribution in [0.1, 0.15) is 40.7 Å². The first kappa shape index (κ1) is 19.6. The molecule has 0 unspecified atom stereocenters. The van der Waals surface area contributed by atoms with Crippen LogP contribution < -0.4 is 16.2 Å². The van der Waals surface area contributed by atoms with Gasteiger partial charge in [0.25, 0.3) is 17.4 Å². The molecule has 0 aliphatic carbocycles. The topological polar surface area (TPSA) is 93.1 Å². The van der Waals surface area contributed by atoms with Gasteiger partial charge < -0.3 is 10.6 Å². The average Bonchev–Trinajstić information content (AvgIpc) is 2.69. The monoisotopic (exact) mass is 398 g/mol. The zero-order valence-electron chi connectivity index (χ0n) is 15.6. The molecule has 0 saturated heterocycles. The SMILES string of the molecule is CNC(=O)c1ccc(Cl)c(NC(=O)c2nn(C(C)C)c(=O)c3ccccc23)c1. The highest BCUT2D eigenvalue weighted by Gasteiger charge is 2.19. The number of carbonyl (C=O) groups is 2. The van der Waals surface area contributed by atoms with E-state index in [1.54, 1.807) is 30.3 Å². The van der Waals surface area contributed by atoms with Crippen LogP contribution in [0.4, 0.5) is 5.69 Å². The van der Waals surface area contributed by atoms with Gasteiger partial charge in [0, 0.05) is 18.0 Å². The number of hydrogen-bond acceptors (Lipinski definition) is 4. The highest BCUT2D eigenvalue weighted by molar-refractivity contribution is 6.34. The molecule has 7 nitrogen and oxygen atoms in total. The van der Waals surface area contributed by atoms with Gasteiger partial charge in [0.15, 0.2) is 5.69 Å². The van der Waals surface area contributed by atoms with E-state index in [9.17, 15) is 14.4 Å². The standard InChI is InChI=1S/C20H19ClN4O3/c1-11(2)25-20(28)14-7-5-4-6-13(14)17(24-25)19(27)23-16-10-12(18(26)22-3)8-9-15(16)21/h4-11H,1-3H3,(H,22,26)(H,23,27). The lowest BCUT2D eigenvalue weighted by Gasteiger charge is -2.14. The molecule has 0 saturated carbocycles. The number of halogens is 1. The Hall–Kier alpha value is -3.19. The van der Waals surface area contributed by atoms with E-state index in [0.717, 1.165) is 0 Å². The Labute approximate surface area is 166 Å². The Morgan fingerprint density at radius 1 is 1.07 bits per heavy atom. The quantitative estimate of drug-likeness (QED) is 0.705. The fourth-order valence-electron chi connectivity index (χ4n) is 2.81. The average molecular weight is 399 g/mol. The number of amides is 2. The minimum absolute atomic E-state index is 0.102. The first-order valence-corrected chi connectivity index (χ1v) is 9.05. The van der Waals surface area contributed by atoms with E-state index in [-0.39, 0.29) is 33.9 Å². The van der Waals surface area contributed by atoms with Crippen molar-refractivity contribution >= 4 is 39.9 Å². The third kappa shape index (κ3) is 3.61. The number of nitrogens with zero attached hydrogens (tertiary/aromatic N) is 2. The molecule has 0 atom stereocenters. The summed E-state index contributed by atoms with van der Waals surface area (Å²) in [5.41, 5.74) is 0.472. The summed E-state index contributed by atoms with van der Waals surface area (Å²) in [6.45, 7) is 3.63. The molecule has 0 fully saturated rings. The van der Waals surface area contributed by atoms with Gasteiger partial charge in [0.05, 0.1) is 22.1 Å². The van der Waals surface area contributed by atoms with Gasteiger partial charge in [0.1, 0.15) is 0 Å². The molecule has 0 spiro atoms. The lowest BCUT2D eigenvalue weighted by atomic mass is 10.1. The molecule has 28 heavy (non-hydrogen) atoms. The molecule has 2 amide bonds. The van der Waals surface area contributed by atoms with E-state index in [0.29, 0.717) is 16.3 Å². The van der Waals surface area contributed by atoms with Gasteiger partial charge in [-0.15, -0.1) is 0 Å². The van der Waals surface area contributed by atoms with Gasteiger partial charge >= 0.3 is 0 Å². The fourth-order valence-corrected chi connectivity index (χ4v) is 2.98. The largest absolute Gasteiger partial charge is 0.355 e. The molecule has 2 N–H and O–H groups in total. The molecule has 3 aromatic rings. The number of anilines is 1. The van der Waals surface area contributed by atoms with Crippen LogP contribution in [-0.2, 0) is 0 Å². The highest BCUT2D eigenvalue weighted by Crippen LogP contribution is 2.24. The highest BCUT2D eigenvalue weighted by atomic mass is 35.5. The van der Waals surface area contributed by atoms with Crippen molar-refractivity contribution < 1.29 is 9.59 Å². The van der Waals surface area contributed by atoms with Crippen molar-refractivity contribution in [3.63, 3.8) is 0 Å². The summed E-state index contributed by atoms with van der Waals surface area (Å²) in [6.07, 6.45) is 0. The van der Waals surface area contributed by atoms with Gasteiger partial charge in [-0.3, -0.25) is 14.4 Å². The molecule has 0 aliphatic heterocycles. The van der Waals surface area contributed by atoms with E-state index in [2.05, 4.69) is 15.7 Å². The van der Waals surface area contributed by atoms with E-state index in [1.807, 2.05) is 13.8 Å². The lowest BCUT2D eigenvalue weighted by Crippen LogP contribution is -2.29. The summed E-state index contributed by atoms with van der Waals surface area (Å²) >= 11 is 6.18. The van der Waals surface area contributed by atoms with Crippen molar-refractivity contribution in [2.75, 3.05) is 12.4 Å². The Balaban J connectivity index is 2.09. The third-order valence-corrected chi connectivity index (χ3v) is 4.57. The predicted molar refractivity (Wildman–Crippen MR) is 109 cm³/mol. The number of carbonyl (C=O) groups excluding carboxylic acids is 2. The first-order valence-electron chi connectivity index (χ1n) is 8.68. The van der Waals surface area contributed by atoms with Crippen LogP contribution >= 0.6 is 11.6 Å². The molecule has 0 bridgehead atoms. The van der Waals surface area contributed by atoms with Crippen molar-refractivity contribution in [3.8, 4) is 0 Å². The zero-order chi connectivity index (χ0) is 20.4. The zero-order valence-corrected chi connectivity index (χ0v) is 16.4. The van der Waals surface area contributed by atoms with E-state index < -0.39 is 5.91 Å². The maximum atomic E-state index is 13.0. The van der Waals surface area contributed by atoms with Crippen molar-refractivity contribution in [2.45, 2.75) is 19.9 Å². The summed E-state index contributed by atoms with van der Waals surface area (Å²) in [5, 5.41) is 10.6. The normalized spacial score (nSPS) is 10.9. The summed E-state index contributed by atoms with van der Waals surface area (Å²) in [6, 6.07) is 11.2. The number of nitrogens with one attached hydrogen (secondary N) is 2. The summed E-state index contributed by atoms with van der Waals surface area (Å²) in [7, 11) is 1.51. The Morgan fingerprint density at radius 2 is 1.75 bits per heavy atom. The maximum Gasteiger partial charge on any atom is 0.276 e. The van der Waals surface area contributed by atoms with Crippen molar-refractivity contribution in [1.29, 1.82) is 0 Å². The first-order chi connectivity index (χ1) is 13.3. The number of fused-ring (bicyclic) bond motifs is 1. The number of benzene rings is 2. The minimum atomic E-state index is -0.526. The van der Waals surface area contributed by atoms with Gasteiger partial charge in [0.2, 0.25) is 0 Å². The number of aromatic nitrogens is 2. The van der Waals surface area contributed by atoms with Crippen LogP contribution in [0.15, 0.2) is 47.3 Å². The van der Waals surface area contributed by atoms with Crippen LogP contribution in [0, 0.1) is 0 Å². The van der Waals surface area contributed by atoms with Gasteiger partial charge in [-0.25, -0.2) is 4.68 Å². The van der Waals surface area contributed by atoms with Crippen LogP contribution in [-0.4, -0.2) is 28.6 Å². The summed E-state index contributed by atoms with van der Waals surface area (Å²) in [4.78, 5) is 37.4. The number of rotatable bonds is 4. The Morgan fingerprint density at radius 3 is 2.39 bits per heavy atom. The smallest absolute Gasteiger partial charge is 0.276 e. The van der Waals surface area contributed by atoms with Crippen LogP contribution in [0.5, 0.6) is 0 Å². The van der Waals surface area contributed by atoms with Crippen LogP contribution in [0.25, 0.3) is 10.8 Å². The van der Waals surface area contributed by atoms with Gasteiger partial charge in [-0.2, -0.15) is 5.10 Å².